The quantitative estimate of drug-likeness (QED) is 0.107. The van der Waals surface area contributed by atoms with Crippen molar-refractivity contribution in [2.24, 2.45) is 0 Å². The number of hydrogen-bond acceptors (Lipinski definition) is 14. The van der Waals surface area contributed by atoms with Crippen molar-refractivity contribution in [1.82, 2.24) is 9.96 Å². The van der Waals surface area contributed by atoms with Gasteiger partial charge in [0.2, 0.25) is 0 Å². The van der Waals surface area contributed by atoms with Gasteiger partial charge in [0.25, 0.3) is 0 Å². The van der Waals surface area contributed by atoms with Crippen molar-refractivity contribution in [1.29, 1.82) is 0 Å². The van der Waals surface area contributed by atoms with Crippen LogP contribution < -0.4 is 0 Å². The van der Waals surface area contributed by atoms with E-state index in [1.165, 1.54) is 0 Å². The predicted molar refractivity (Wildman–Crippen MR) is 92.7 cm³/mol. The van der Waals surface area contributed by atoms with Crippen molar-refractivity contribution >= 4 is 31.8 Å². The van der Waals surface area contributed by atoms with Crippen LogP contribution in [0.15, 0.2) is 0 Å². The molecule has 0 aliphatic carbocycles. The summed E-state index contributed by atoms with van der Waals surface area (Å²) in [6, 6.07) is 0. The third-order valence-electron chi connectivity index (χ3n) is 2.23. The first kappa shape index (κ1) is 25.2. The molecule has 0 atom stereocenters. The molecule has 0 bridgehead atoms. The Hall–Kier alpha value is 1.16. The van der Waals surface area contributed by atoms with Crippen LogP contribution in [0.3, 0.4) is 0 Å². The summed E-state index contributed by atoms with van der Waals surface area (Å²) in [5.41, 5.74) is 0. The van der Waals surface area contributed by atoms with E-state index in [0.29, 0.717) is 5.06 Å². The fourth-order valence-corrected chi connectivity index (χ4v) is 5.14. The van der Waals surface area contributed by atoms with Crippen molar-refractivity contribution < 1.29 is 58.5 Å². The Bertz CT molecular complexity index is 308. The second-order valence-electron chi connectivity index (χ2n) is 5.42. The topological polar surface area (TPSA) is 238 Å². The first-order valence-corrected chi connectivity index (χ1v) is 14.9. The maximum absolute atomic E-state index is 9.28. The molecule has 0 spiro atoms. The van der Waals surface area contributed by atoms with Gasteiger partial charge >= 0.3 is 139 Å². The van der Waals surface area contributed by atoms with Crippen molar-refractivity contribution in [2.75, 3.05) is 38.6 Å². The van der Waals surface area contributed by atoms with E-state index in [1.54, 1.807) is 0 Å². The molecule has 14 nitrogen and oxygen atoms in total. The fraction of sp³-hybridized carbons (Fsp3) is 1.00. The normalized spacial score (nSPS) is 17.4. The summed E-state index contributed by atoms with van der Waals surface area (Å²) in [6.45, 7) is 0.157. The molecule has 154 valence electrons. The average Bonchev–Trinajstić information content (AvgIpc) is 2.16. The van der Waals surface area contributed by atoms with Gasteiger partial charge in [-0.15, -0.1) is 0 Å². The molecule has 0 aromatic heterocycles. The van der Waals surface area contributed by atoms with Crippen LogP contribution in [0.4, 0.5) is 0 Å². The fourth-order valence-electron chi connectivity index (χ4n) is 1.71. The Morgan fingerprint density at radius 1 is 0.625 bits per heavy atom. The second kappa shape index (κ2) is 9.38. The van der Waals surface area contributed by atoms with E-state index in [0.717, 1.165) is 11.6 Å². The van der Waals surface area contributed by atoms with E-state index >= 15 is 0 Å². The minimum absolute atomic E-state index is 0.359. The van der Waals surface area contributed by atoms with E-state index in [2.05, 4.69) is 4.62 Å². The maximum atomic E-state index is 9.28. The zero-order chi connectivity index (χ0) is 19.4. The van der Waals surface area contributed by atoms with Crippen LogP contribution in [-0.4, -0.2) is 102 Å². The standard InChI is InChI=1S/C6H28N2O12P4/c1-21(9,10)20-8(6-24(17,18)19)3-2-7(4-22(11,12)13)5-23(14,15)16/h9-19,21-24H,2-6H2,1H3. The van der Waals surface area contributed by atoms with Crippen LogP contribution in [0.2, 0.25) is 0 Å². The number of rotatable bonds is 11. The van der Waals surface area contributed by atoms with E-state index in [1.807, 2.05) is 0 Å². The zero-order valence-electron chi connectivity index (χ0n) is 12.8. The minimum atomic E-state index is -4.68. The summed E-state index contributed by atoms with van der Waals surface area (Å²) >= 11 is 0. The Morgan fingerprint density at radius 3 is 1.29 bits per heavy atom. The van der Waals surface area contributed by atoms with Crippen molar-refractivity contribution in [3.8, 4) is 0 Å². The van der Waals surface area contributed by atoms with Crippen LogP contribution in [0.5, 0.6) is 0 Å². The summed E-state index contributed by atoms with van der Waals surface area (Å²) in [7, 11) is -18.2. The third kappa shape index (κ3) is 16.6. The predicted octanol–water partition coefficient (Wildman–Crippen LogP) is -4.08. The van der Waals surface area contributed by atoms with Crippen LogP contribution in [0.25, 0.3) is 0 Å². The number of hydrogen-bond donors (Lipinski definition) is 11. The Balaban J connectivity index is 4.94. The van der Waals surface area contributed by atoms with Gasteiger partial charge < -0.3 is 0 Å². The molecule has 0 rings (SSSR count). The monoisotopic (exact) mass is 444 g/mol. The molecule has 0 saturated heterocycles. The van der Waals surface area contributed by atoms with E-state index < -0.39 is 57.2 Å². The molecule has 0 fully saturated rings. The Kier molecular flexibility index (Phi) is 9.84. The molecule has 0 aliphatic heterocycles. The van der Waals surface area contributed by atoms with Gasteiger partial charge in [-0.1, -0.05) is 0 Å². The average molecular weight is 444 g/mol. The molecule has 0 aromatic carbocycles. The van der Waals surface area contributed by atoms with Gasteiger partial charge in [-0.25, -0.2) is 0 Å². The molecule has 0 unspecified atom stereocenters. The van der Waals surface area contributed by atoms with Gasteiger partial charge in [0.15, 0.2) is 0 Å². The van der Waals surface area contributed by atoms with Gasteiger partial charge in [-0.3, -0.25) is 0 Å². The van der Waals surface area contributed by atoms with Crippen LogP contribution >= 0.6 is 31.8 Å². The number of hydroxylamine groups is 2. The summed E-state index contributed by atoms with van der Waals surface area (Å²) < 4.78 is 4.68. The van der Waals surface area contributed by atoms with Crippen molar-refractivity contribution in [3.63, 3.8) is 0 Å². The first-order chi connectivity index (χ1) is 10.4. The molecule has 0 saturated carbocycles. The molecule has 0 aromatic rings. The van der Waals surface area contributed by atoms with E-state index in [-0.39, 0.29) is 6.54 Å². The summed E-state index contributed by atoms with van der Waals surface area (Å²) in [5.74, 6) is 0. The molecular weight excluding hydrogens is 416 g/mol. The summed E-state index contributed by atoms with van der Waals surface area (Å²) in [6.07, 6.45) is -2.52. The first-order valence-electron chi connectivity index (χ1n) is 6.49. The molecule has 0 heterocycles. The van der Waals surface area contributed by atoms with Crippen LogP contribution in [0.1, 0.15) is 0 Å². The second-order valence-corrected chi connectivity index (χ2v) is 13.1. The molecule has 11 N–H and O–H groups in total. The third-order valence-corrected chi connectivity index (χ3v) is 5.35. The van der Waals surface area contributed by atoms with Crippen molar-refractivity contribution in [3.05, 3.63) is 0 Å². The summed E-state index contributed by atoms with van der Waals surface area (Å²) in [5, 5.41) is 0.593. The van der Waals surface area contributed by atoms with Crippen molar-refractivity contribution in [2.45, 2.75) is 0 Å². The van der Waals surface area contributed by atoms with Crippen LogP contribution in [0, 0.1) is 0 Å². The molecule has 0 amide bonds. The van der Waals surface area contributed by atoms with Gasteiger partial charge in [0.1, 0.15) is 0 Å². The molecule has 0 aliphatic rings. The molecule has 18 heteroatoms. The van der Waals surface area contributed by atoms with Gasteiger partial charge in [0.05, 0.1) is 0 Å². The zero-order valence-corrected chi connectivity index (χ0v) is 16.8. The molecular formula is C6H28N2O12P4. The Morgan fingerprint density at radius 2 is 1.00 bits per heavy atom. The van der Waals surface area contributed by atoms with E-state index in [4.69, 9.17) is 44.0 Å². The molecule has 24 heavy (non-hydrogen) atoms. The van der Waals surface area contributed by atoms with Gasteiger partial charge in [-0.2, -0.15) is 0 Å². The van der Waals surface area contributed by atoms with E-state index in [9.17, 15) is 9.79 Å². The van der Waals surface area contributed by atoms with Gasteiger partial charge in [-0.05, 0) is 0 Å². The number of nitrogens with zero attached hydrogens (tertiary/aromatic N) is 2. The summed E-state index contributed by atoms with van der Waals surface area (Å²) in [4.78, 5) is 101. The van der Waals surface area contributed by atoms with Crippen LogP contribution in [-0.2, 0) is 4.62 Å². The Labute approximate surface area is 139 Å². The van der Waals surface area contributed by atoms with Gasteiger partial charge in [0, 0.05) is 0 Å². The SMILES string of the molecule is C[PH](O)(O)ON(CCN(C[PH](O)(O)O)C[PH](O)(O)O)C[PH](O)(O)O. The molecule has 0 radical (unpaired) electrons.